The van der Waals surface area contributed by atoms with E-state index in [2.05, 4.69) is 39.8 Å². The minimum Gasteiger partial charge on any atom is -0.487 e. The van der Waals surface area contributed by atoms with Crippen LogP contribution in [0.5, 0.6) is 11.5 Å². The van der Waals surface area contributed by atoms with Gasteiger partial charge in [0.15, 0.2) is 6.29 Å². The molecule has 1 aromatic rings. The maximum Gasteiger partial charge on any atom is 0.229 e. The van der Waals surface area contributed by atoms with Crippen molar-refractivity contribution in [2.24, 2.45) is 5.92 Å². The molecule has 254 valence electrons. The van der Waals surface area contributed by atoms with Gasteiger partial charge in [-0.1, -0.05) is 31.4 Å². The lowest BCUT2D eigenvalue weighted by Crippen LogP contribution is -2.65. The number of allylic oxidation sites excluding steroid dienone is 2. The normalized spacial score (nSPS) is 39.3. The van der Waals surface area contributed by atoms with Gasteiger partial charge in [0.05, 0.1) is 13.2 Å². The molecule has 12 atom stereocenters. The average molecular weight is 639 g/mol. The van der Waals surface area contributed by atoms with Gasteiger partial charge in [0, 0.05) is 17.4 Å². The zero-order valence-corrected chi connectivity index (χ0v) is 26.5. The highest BCUT2D eigenvalue weighted by atomic mass is 16.7. The highest BCUT2D eigenvalue weighted by Crippen LogP contribution is 2.54. The van der Waals surface area contributed by atoms with E-state index < -0.39 is 80.2 Å². The molecule has 1 aromatic carbocycles. The molecule has 2 saturated heterocycles. The first-order valence-corrected chi connectivity index (χ1v) is 16.2. The van der Waals surface area contributed by atoms with Crippen LogP contribution in [0, 0.1) is 5.92 Å². The monoisotopic (exact) mass is 638 g/mol. The number of rotatable bonds is 10. The van der Waals surface area contributed by atoms with Gasteiger partial charge in [0.2, 0.25) is 6.29 Å². The Hall–Kier alpha value is -1.84. The summed E-state index contributed by atoms with van der Waals surface area (Å²) in [5.74, 6) is 1.37. The minimum absolute atomic E-state index is 0.00115. The lowest BCUT2D eigenvalue weighted by Gasteiger charge is -2.48. The van der Waals surface area contributed by atoms with Crippen LogP contribution in [0.15, 0.2) is 23.8 Å². The van der Waals surface area contributed by atoms with Gasteiger partial charge in [-0.15, -0.1) is 0 Å². The van der Waals surface area contributed by atoms with Crippen molar-refractivity contribution >= 4 is 0 Å². The molecule has 1 aliphatic carbocycles. The molecule has 0 aromatic heterocycles. The van der Waals surface area contributed by atoms with Gasteiger partial charge in [-0.3, -0.25) is 0 Å². The maximum atomic E-state index is 11.2. The van der Waals surface area contributed by atoms with Crippen molar-refractivity contribution in [3.63, 3.8) is 0 Å². The third kappa shape index (κ3) is 6.92. The Balaban J connectivity index is 1.43. The average Bonchev–Trinajstić information content (AvgIpc) is 3.00. The van der Waals surface area contributed by atoms with Crippen LogP contribution in [0.25, 0.3) is 0 Å². The predicted molar refractivity (Wildman–Crippen MR) is 161 cm³/mol. The van der Waals surface area contributed by atoms with Gasteiger partial charge in [0.1, 0.15) is 65.9 Å². The molecule has 0 saturated carbocycles. The first kappa shape index (κ1) is 34.5. The molecule has 0 unspecified atom stereocenters. The number of hydrogen-bond acceptors (Lipinski definition) is 12. The third-order valence-electron chi connectivity index (χ3n) is 9.78. The van der Waals surface area contributed by atoms with Gasteiger partial charge < -0.3 is 59.4 Å². The molecule has 45 heavy (non-hydrogen) atoms. The molecule has 4 aliphatic rings. The van der Waals surface area contributed by atoms with Crippen molar-refractivity contribution in [3.8, 4) is 11.5 Å². The summed E-state index contributed by atoms with van der Waals surface area (Å²) in [4.78, 5) is 0. The SMILES string of the molecule is CCCCCc1cc(O[C@@H]2O[C@H](CO)[C@@H](O[C@@H]3O[C@H](CO)[C@@H](O)[C@H](O)[C@H]3O)[C@H](O)[C@H]2O)c2c(c1)OC(C)(C)[C@@H]1CCC(C)=C[C@@H]21. The van der Waals surface area contributed by atoms with Crippen LogP contribution < -0.4 is 9.47 Å². The second-order valence-electron chi connectivity index (χ2n) is 13.5. The second-order valence-corrected chi connectivity index (χ2v) is 13.5. The maximum absolute atomic E-state index is 11.2. The summed E-state index contributed by atoms with van der Waals surface area (Å²) in [6.07, 6.45) is -7.18. The summed E-state index contributed by atoms with van der Waals surface area (Å²) in [6, 6.07) is 4.01. The first-order chi connectivity index (χ1) is 21.4. The number of fused-ring (bicyclic) bond motifs is 3. The van der Waals surface area contributed by atoms with E-state index >= 15 is 0 Å². The Bertz CT molecular complexity index is 1180. The molecule has 3 aliphatic heterocycles. The Morgan fingerprint density at radius 3 is 2.24 bits per heavy atom. The highest BCUT2D eigenvalue weighted by molar-refractivity contribution is 5.54. The van der Waals surface area contributed by atoms with Crippen LogP contribution >= 0.6 is 0 Å². The Morgan fingerprint density at radius 1 is 0.867 bits per heavy atom. The highest BCUT2D eigenvalue weighted by Gasteiger charge is 2.52. The zero-order chi connectivity index (χ0) is 32.6. The minimum atomic E-state index is -1.74. The molecule has 0 spiro atoms. The fraction of sp³-hybridized carbons (Fsp3) is 0.758. The predicted octanol–water partition coefficient (Wildman–Crippen LogP) is 1.03. The smallest absolute Gasteiger partial charge is 0.229 e. The van der Waals surface area contributed by atoms with Crippen molar-refractivity contribution < 1.29 is 59.4 Å². The lowest BCUT2D eigenvalue weighted by atomic mass is 9.68. The van der Waals surface area contributed by atoms with E-state index in [-0.39, 0.29) is 11.8 Å². The quantitative estimate of drug-likeness (QED) is 0.143. The van der Waals surface area contributed by atoms with Crippen molar-refractivity contribution in [1.29, 1.82) is 0 Å². The van der Waals surface area contributed by atoms with Crippen LogP contribution in [0.1, 0.15) is 76.8 Å². The summed E-state index contributed by atoms with van der Waals surface area (Å²) in [6.45, 7) is 7.16. The molecule has 12 heteroatoms. The molecule has 3 heterocycles. The molecule has 12 nitrogen and oxygen atoms in total. The van der Waals surface area contributed by atoms with E-state index in [9.17, 15) is 35.7 Å². The van der Waals surface area contributed by atoms with Crippen LogP contribution in [0.3, 0.4) is 0 Å². The summed E-state index contributed by atoms with van der Waals surface area (Å²) in [7, 11) is 0. The number of ether oxygens (including phenoxy) is 5. The van der Waals surface area contributed by atoms with E-state index in [4.69, 9.17) is 23.7 Å². The zero-order valence-electron chi connectivity index (χ0n) is 26.5. The van der Waals surface area contributed by atoms with Crippen molar-refractivity contribution in [2.75, 3.05) is 13.2 Å². The topological polar surface area (TPSA) is 188 Å². The lowest BCUT2D eigenvalue weighted by molar-refractivity contribution is -0.352. The molecular formula is C33H50O12. The number of hydrogen-bond donors (Lipinski definition) is 7. The molecule has 2 fully saturated rings. The second kappa shape index (κ2) is 14.1. The van der Waals surface area contributed by atoms with Gasteiger partial charge >= 0.3 is 0 Å². The Labute approximate surface area is 264 Å². The van der Waals surface area contributed by atoms with Gasteiger partial charge in [-0.25, -0.2) is 0 Å². The number of benzene rings is 1. The van der Waals surface area contributed by atoms with E-state index in [0.717, 1.165) is 49.7 Å². The Kier molecular flexibility index (Phi) is 10.8. The number of aliphatic hydroxyl groups excluding tert-OH is 7. The van der Waals surface area contributed by atoms with Crippen LogP contribution in [0.4, 0.5) is 0 Å². The van der Waals surface area contributed by atoms with Crippen molar-refractivity contribution in [2.45, 2.75) is 139 Å². The third-order valence-corrected chi connectivity index (χ3v) is 9.78. The number of aryl methyl sites for hydroxylation is 1. The van der Waals surface area contributed by atoms with E-state index in [1.165, 1.54) is 5.57 Å². The van der Waals surface area contributed by atoms with Gasteiger partial charge in [-0.05, 0) is 64.2 Å². The molecule has 0 bridgehead atoms. The van der Waals surface area contributed by atoms with E-state index in [1.54, 1.807) is 0 Å². The number of aliphatic hydroxyl groups is 7. The van der Waals surface area contributed by atoms with Gasteiger partial charge in [0.25, 0.3) is 0 Å². The Morgan fingerprint density at radius 2 is 1.56 bits per heavy atom. The molecule has 0 radical (unpaired) electrons. The van der Waals surface area contributed by atoms with Crippen LogP contribution in [0.2, 0.25) is 0 Å². The summed E-state index contributed by atoms with van der Waals surface area (Å²) >= 11 is 0. The van der Waals surface area contributed by atoms with E-state index in [0.29, 0.717) is 11.5 Å². The first-order valence-electron chi connectivity index (χ1n) is 16.2. The molecule has 7 N–H and O–H groups in total. The summed E-state index contributed by atoms with van der Waals surface area (Å²) in [5, 5.41) is 72.9. The fourth-order valence-corrected chi connectivity index (χ4v) is 7.16. The molecular weight excluding hydrogens is 588 g/mol. The standard InChI is InChI=1S/C33H50O12/c1-5-6-7-8-17-12-20(24-18-11-16(2)9-10-19(18)33(3,4)45-21(24)13-17)41-31-29(40)27(38)30(23(15-35)43-31)44-32-28(39)26(37)25(36)22(14-34)42-32/h11-13,18-19,22-23,25-32,34-40H,5-10,14-15H2,1-4H3/t18-,19-,22-,23-,25-,26+,27-,28-,29-,30-,31-,32+/m1/s1. The van der Waals surface area contributed by atoms with Crippen LogP contribution in [-0.2, 0) is 20.6 Å². The van der Waals surface area contributed by atoms with Crippen molar-refractivity contribution in [3.05, 3.63) is 34.9 Å². The van der Waals surface area contributed by atoms with Crippen LogP contribution in [-0.4, -0.2) is 116 Å². The number of unbranched alkanes of at least 4 members (excludes halogenated alkanes) is 2. The van der Waals surface area contributed by atoms with Gasteiger partial charge in [-0.2, -0.15) is 0 Å². The molecule has 5 rings (SSSR count). The largest absolute Gasteiger partial charge is 0.487 e. The molecule has 0 amide bonds. The van der Waals surface area contributed by atoms with Crippen molar-refractivity contribution in [1.82, 2.24) is 0 Å². The summed E-state index contributed by atoms with van der Waals surface area (Å²) < 4.78 is 30.1. The summed E-state index contributed by atoms with van der Waals surface area (Å²) in [5.41, 5.74) is 2.72. The van der Waals surface area contributed by atoms with E-state index in [1.807, 2.05) is 6.07 Å². The fourth-order valence-electron chi connectivity index (χ4n) is 7.16.